The van der Waals surface area contributed by atoms with Gasteiger partial charge in [-0.15, -0.1) is 0 Å². The lowest BCUT2D eigenvalue weighted by Gasteiger charge is -2.13. The van der Waals surface area contributed by atoms with Crippen molar-refractivity contribution in [1.29, 1.82) is 0 Å². The van der Waals surface area contributed by atoms with E-state index in [-0.39, 0.29) is 17.5 Å². The van der Waals surface area contributed by atoms with Crippen LogP contribution in [0.1, 0.15) is 37.7 Å². The van der Waals surface area contributed by atoms with Gasteiger partial charge in [-0.05, 0) is 43.0 Å². The van der Waals surface area contributed by atoms with Crippen molar-refractivity contribution in [1.82, 2.24) is 0 Å². The lowest BCUT2D eigenvalue weighted by molar-refractivity contribution is -0.122. The standard InChI is InChI=1S/C14H16ClFO/c15-12-6-7-13(16)11(9-12)8-10-4-2-1-3-5-14(10)17/h6-7,9-10H,1-5,8H2. The van der Waals surface area contributed by atoms with Gasteiger partial charge in [0.1, 0.15) is 11.6 Å². The van der Waals surface area contributed by atoms with E-state index in [4.69, 9.17) is 11.6 Å². The Labute approximate surface area is 106 Å². The summed E-state index contributed by atoms with van der Waals surface area (Å²) in [7, 11) is 0. The van der Waals surface area contributed by atoms with E-state index in [0.29, 0.717) is 23.4 Å². The molecule has 1 aromatic rings. The van der Waals surface area contributed by atoms with Gasteiger partial charge in [0.2, 0.25) is 0 Å². The van der Waals surface area contributed by atoms with Crippen LogP contribution in [0.3, 0.4) is 0 Å². The summed E-state index contributed by atoms with van der Waals surface area (Å²) in [6.07, 6.45) is 5.18. The van der Waals surface area contributed by atoms with Crippen LogP contribution >= 0.6 is 11.6 Å². The zero-order valence-electron chi connectivity index (χ0n) is 9.72. The Balaban J connectivity index is 2.13. The van der Waals surface area contributed by atoms with Crippen molar-refractivity contribution >= 4 is 17.4 Å². The van der Waals surface area contributed by atoms with E-state index in [1.165, 1.54) is 12.1 Å². The minimum absolute atomic E-state index is 0.0227. The maximum absolute atomic E-state index is 13.6. The Kier molecular flexibility index (Phi) is 4.16. The van der Waals surface area contributed by atoms with Gasteiger partial charge in [-0.2, -0.15) is 0 Å². The third kappa shape index (κ3) is 3.29. The van der Waals surface area contributed by atoms with Crippen LogP contribution < -0.4 is 0 Å². The molecule has 1 aliphatic carbocycles. The highest BCUT2D eigenvalue weighted by Gasteiger charge is 2.22. The second kappa shape index (κ2) is 5.63. The Morgan fingerprint density at radius 3 is 2.94 bits per heavy atom. The minimum atomic E-state index is -0.258. The van der Waals surface area contributed by atoms with Crippen LogP contribution in [0.4, 0.5) is 4.39 Å². The Morgan fingerprint density at radius 2 is 2.12 bits per heavy atom. The van der Waals surface area contributed by atoms with Crippen molar-refractivity contribution in [3.8, 4) is 0 Å². The number of hydrogen-bond donors (Lipinski definition) is 0. The van der Waals surface area contributed by atoms with E-state index in [1.807, 2.05) is 0 Å². The normalized spacial score (nSPS) is 21.3. The molecule has 3 heteroatoms. The topological polar surface area (TPSA) is 17.1 Å². The molecule has 2 rings (SSSR count). The molecule has 1 aromatic carbocycles. The zero-order valence-corrected chi connectivity index (χ0v) is 10.5. The van der Waals surface area contributed by atoms with Crippen molar-refractivity contribution in [3.05, 3.63) is 34.6 Å². The summed E-state index contributed by atoms with van der Waals surface area (Å²) < 4.78 is 13.6. The highest BCUT2D eigenvalue weighted by molar-refractivity contribution is 6.30. The SMILES string of the molecule is O=C1CCCCCC1Cc1cc(Cl)ccc1F. The molecule has 0 amide bonds. The number of Topliss-reactive ketones (excluding diaryl/α,β-unsaturated/α-hetero) is 1. The predicted octanol–water partition coefficient (Wildman–Crippen LogP) is 4.17. The summed E-state index contributed by atoms with van der Waals surface area (Å²) in [5.74, 6) is -0.00112. The molecule has 92 valence electrons. The number of halogens is 2. The van der Waals surface area contributed by atoms with E-state index >= 15 is 0 Å². The van der Waals surface area contributed by atoms with Gasteiger partial charge in [-0.1, -0.05) is 24.4 Å². The zero-order chi connectivity index (χ0) is 12.3. The third-order valence-electron chi connectivity index (χ3n) is 3.41. The van der Waals surface area contributed by atoms with Crippen molar-refractivity contribution < 1.29 is 9.18 Å². The monoisotopic (exact) mass is 254 g/mol. The van der Waals surface area contributed by atoms with Gasteiger partial charge < -0.3 is 0 Å². The second-order valence-corrected chi connectivity index (χ2v) is 5.14. The lowest BCUT2D eigenvalue weighted by Crippen LogP contribution is -2.16. The van der Waals surface area contributed by atoms with Gasteiger partial charge in [0.15, 0.2) is 0 Å². The summed E-state index contributed by atoms with van der Waals surface area (Å²) in [4.78, 5) is 11.9. The molecule has 0 spiro atoms. The molecule has 1 atom stereocenters. The molecule has 1 unspecified atom stereocenters. The van der Waals surface area contributed by atoms with E-state index in [9.17, 15) is 9.18 Å². The van der Waals surface area contributed by atoms with Gasteiger partial charge in [0, 0.05) is 17.4 Å². The molecule has 0 aliphatic heterocycles. The number of rotatable bonds is 2. The fraction of sp³-hybridized carbons (Fsp3) is 0.500. The largest absolute Gasteiger partial charge is 0.299 e. The summed E-state index contributed by atoms with van der Waals surface area (Å²) in [5, 5.41) is 0.530. The third-order valence-corrected chi connectivity index (χ3v) is 3.64. The van der Waals surface area contributed by atoms with Crippen LogP contribution in [0.2, 0.25) is 5.02 Å². The molecule has 0 saturated heterocycles. The van der Waals surface area contributed by atoms with Crippen LogP contribution in [0.5, 0.6) is 0 Å². The molecule has 1 saturated carbocycles. The molecule has 1 aliphatic rings. The Morgan fingerprint density at radius 1 is 1.29 bits per heavy atom. The molecule has 0 aromatic heterocycles. The predicted molar refractivity (Wildman–Crippen MR) is 66.7 cm³/mol. The smallest absolute Gasteiger partial charge is 0.136 e. The van der Waals surface area contributed by atoms with Crippen LogP contribution in [-0.4, -0.2) is 5.78 Å². The van der Waals surface area contributed by atoms with E-state index in [1.54, 1.807) is 6.07 Å². The molecule has 17 heavy (non-hydrogen) atoms. The number of ketones is 1. The molecule has 0 bridgehead atoms. The van der Waals surface area contributed by atoms with E-state index in [2.05, 4.69) is 0 Å². The summed E-state index contributed by atoms with van der Waals surface area (Å²) >= 11 is 5.85. The molecule has 0 N–H and O–H groups in total. The van der Waals surface area contributed by atoms with E-state index in [0.717, 1.165) is 25.7 Å². The molecule has 0 heterocycles. The highest BCUT2D eigenvalue weighted by Crippen LogP contribution is 2.25. The first-order chi connectivity index (χ1) is 8.16. The number of benzene rings is 1. The second-order valence-electron chi connectivity index (χ2n) is 4.70. The first kappa shape index (κ1) is 12.6. The van der Waals surface area contributed by atoms with Crippen molar-refractivity contribution in [2.45, 2.75) is 38.5 Å². The molecular weight excluding hydrogens is 239 g/mol. The molecular formula is C14H16ClFO. The number of hydrogen-bond acceptors (Lipinski definition) is 1. The Bertz CT molecular complexity index is 417. The number of carbonyl (C=O) groups excluding carboxylic acids is 1. The first-order valence-corrected chi connectivity index (χ1v) is 6.51. The average molecular weight is 255 g/mol. The summed E-state index contributed by atoms with van der Waals surface area (Å²) in [5.41, 5.74) is 0.567. The van der Waals surface area contributed by atoms with Gasteiger partial charge in [-0.3, -0.25) is 4.79 Å². The van der Waals surface area contributed by atoms with Crippen LogP contribution in [0, 0.1) is 11.7 Å². The molecule has 1 fully saturated rings. The maximum Gasteiger partial charge on any atom is 0.136 e. The lowest BCUT2D eigenvalue weighted by atomic mass is 9.91. The first-order valence-electron chi connectivity index (χ1n) is 6.13. The minimum Gasteiger partial charge on any atom is -0.299 e. The summed E-state index contributed by atoms with van der Waals surface area (Å²) in [6.45, 7) is 0. The van der Waals surface area contributed by atoms with Crippen molar-refractivity contribution in [3.63, 3.8) is 0 Å². The van der Waals surface area contributed by atoms with Gasteiger partial charge >= 0.3 is 0 Å². The van der Waals surface area contributed by atoms with Gasteiger partial charge in [0.05, 0.1) is 0 Å². The fourth-order valence-electron chi connectivity index (χ4n) is 2.41. The molecule has 0 radical (unpaired) electrons. The van der Waals surface area contributed by atoms with Crippen LogP contribution in [-0.2, 0) is 11.2 Å². The van der Waals surface area contributed by atoms with E-state index < -0.39 is 0 Å². The summed E-state index contributed by atoms with van der Waals surface area (Å²) in [6, 6.07) is 4.54. The average Bonchev–Trinajstić information content (AvgIpc) is 2.50. The quantitative estimate of drug-likeness (QED) is 0.724. The maximum atomic E-state index is 13.6. The highest BCUT2D eigenvalue weighted by atomic mass is 35.5. The van der Waals surface area contributed by atoms with Crippen LogP contribution in [0.25, 0.3) is 0 Å². The Hall–Kier alpha value is -0.890. The molecule has 1 nitrogen and oxygen atoms in total. The fourth-order valence-corrected chi connectivity index (χ4v) is 2.61. The van der Waals surface area contributed by atoms with Gasteiger partial charge in [-0.25, -0.2) is 4.39 Å². The van der Waals surface area contributed by atoms with Gasteiger partial charge in [0.25, 0.3) is 0 Å². The van der Waals surface area contributed by atoms with Crippen LogP contribution in [0.15, 0.2) is 18.2 Å². The van der Waals surface area contributed by atoms with Crippen molar-refractivity contribution in [2.75, 3.05) is 0 Å². The number of carbonyl (C=O) groups is 1. The van der Waals surface area contributed by atoms with Crippen molar-refractivity contribution in [2.24, 2.45) is 5.92 Å².